The zero-order valence-corrected chi connectivity index (χ0v) is 22.6. The van der Waals surface area contributed by atoms with E-state index in [1.54, 1.807) is 12.0 Å². The van der Waals surface area contributed by atoms with Crippen molar-refractivity contribution in [2.45, 2.75) is 64.2 Å². The number of anilines is 2. The Hall–Kier alpha value is -3.35. The summed E-state index contributed by atoms with van der Waals surface area (Å²) >= 11 is 0. The first kappa shape index (κ1) is 28.7. The number of carbonyl (C=O) groups excluding carboxylic acids is 1. The van der Waals surface area contributed by atoms with Crippen molar-refractivity contribution in [1.82, 2.24) is 20.1 Å². The summed E-state index contributed by atoms with van der Waals surface area (Å²) in [6.45, 7) is 10.5. The van der Waals surface area contributed by atoms with Gasteiger partial charge in [-0.25, -0.2) is 10.1 Å². The van der Waals surface area contributed by atoms with Gasteiger partial charge in [0.1, 0.15) is 5.56 Å². The van der Waals surface area contributed by atoms with Crippen LogP contribution in [-0.2, 0) is 21.1 Å². The maximum absolute atomic E-state index is 13.2. The molecule has 214 valence electrons. The minimum absolute atomic E-state index is 0.0396. The number of nitrogens with one attached hydrogen (secondary N) is 2. The summed E-state index contributed by atoms with van der Waals surface area (Å²) < 4.78 is 51.2. The van der Waals surface area contributed by atoms with Gasteiger partial charge in [0.15, 0.2) is 11.6 Å². The molecule has 0 radical (unpaired) electrons. The quantitative estimate of drug-likeness (QED) is 0.504. The van der Waals surface area contributed by atoms with Gasteiger partial charge in [0, 0.05) is 38.3 Å². The molecule has 13 heteroatoms. The third kappa shape index (κ3) is 6.81. The Kier molecular flexibility index (Phi) is 8.38. The molecule has 0 bridgehead atoms. The van der Waals surface area contributed by atoms with Gasteiger partial charge < -0.3 is 24.6 Å². The van der Waals surface area contributed by atoms with Crippen LogP contribution in [-0.4, -0.2) is 77.5 Å². The number of carbonyl (C=O) groups is 1. The number of pyridine rings is 1. The lowest BCUT2D eigenvalue weighted by Gasteiger charge is -2.41. The number of ether oxygens (including phenoxy) is 2. The molecular formula is C26H35F3N6O4. The number of hydrogen-bond acceptors (Lipinski definition) is 8. The molecule has 39 heavy (non-hydrogen) atoms. The Balaban J connectivity index is 1.26. The topological polar surface area (TPSA) is 113 Å². The summed E-state index contributed by atoms with van der Waals surface area (Å²) in [5.41, 5.74) is -2.01. The highest BCUT2D eigenvalue weighted by Crippen LogP contribution is 2.36. The molecule has 1 fully saturated rings. The number of aromatic nitrogens is 3. The number of halogens is 3. The minimum Gasteiger partial charge on any atom is -0.490 e. The average Bonchev–Trinajstić information content (AvgIpc) is 3.03. The molecule has 10 nitrogen and oxygen atoms in total. The Morgan fingerprint density at radius 1 is 1.28 bits per heavy atom. The van der Waals surface area contributed by atoms with Crippen molar-refractivity contribution in [3.8, 4) is 5.75 Å². The first-order chi connectivity index (χ1) is 18.3. The number of piperazine rings is 1. The molecule has 0 unspecified atom stereocenters. The van der Waals surface area contributed by atoms with E-state index >= 15 is 0 Å². The third-order valence-corrected chi connectivity index (χ3v) is 6.88. The number of H-pyrrole nitrogens is 1. The predicted molar refractivity (Wildman–Crippen MR) is 139 cm³/mol. The summed E-state index contributed by atoms with van der Waals surface area (Å²) in [7, 11) is 0. The van der Waals surface area contributed by atoms with Crippen LogP contribution in [0.1, 0.15) is 51.7 Å². The highest BCUT2D eigenvalue weighted by atomic mass is 19.4. The van der Waals surface area contributed by atoms with Crippen LogP contribution in [0.2, 0.25) is 0 Å². The maximum Gasteiger partial charge on any atom is 0.423 e. The van der Waals surface area contributed by atoms with Gasteiger partial charge >= 0.3 is 6.18 Å². The number of rotatable bonds is 7. The zero-order valence-electron chi connectivity index (χ0n) is 22.6. The SMILES string of the molecule is C[C@@H](COCCC(=O)N1CCN2c3ncc(C(C)(C)C)cc3OCC[C@@H]2C1)Nc1cn[nH]c(=O)c1C(F)(F)F. The van der Waals surface area contributed by atoms with Crippen LogP contribution in [0.4, 0.5) is 24.7 Å². The molecule has 2 atom stereocenters. The normalized spacial score (nSPS) is 18.5. The van der Waals surface area contributed by atoms with Crippen molar-refractivity contribution in [1.29, 1.82) is 0 Å². The second kappa shape index (κ2) is 11.4. The molecular weight excluding hydrogens is 517 g/mol. The van der Waals surface area contributed by atoms with Crippen LogP contribution in [0.5, 0.6) is 5.75 Å². The van der Waals surface area contributed by atoms with Crippen molar-refractivity contribution in [2.24, 2.45) is 0 Å². The lowest BCUT2D eigenvalue weighted by atomic mass is 9.88. The van der Waals surface area contributed by atoms with Gasteiger partial charge in [-0.2, -0.15) is 18.3 Å². The summed E-state index contributed by atoms with van der Waals surface area (Å²) in [4.78, 5) is 33.2. The van der Waals surface area contributed by atoms with E-state index in [1.807, 2.05) is 11.1 Å². The van der Waals surface area contributed by atoms with E-state index in [0.29, 0.717) is 26.2 Å². The number of amides is 1. The van der Waals surface area contributed by atoms with E-state index in [1.165, 1.54) is 0 Å². The molecule has 4 heterocycles. The van der Waals surface area contributed by atoms with Crippen molar-refractivity contribution in [2.75, 3.05) is 49.7 Å². The summed E-state index contributed by atoms with van der Waals surface area (Å²) in [6, 6.07) is 1.60. The Labute approximate surface area is 224 Å². The summed E-state index contributed by atoms with van der Waals surface area (Å²) in [6.07, 6.45) is -1.10. The maximum atomic E-state index is 13.2. The largest absolute Gasteiger partial charge is 0.490 e. The van der Waals surface area contributed by atoms with Crippen LogP contribution in [0, 0.1) is 0 Å². The molecule has 2 aliphatic heterocycles. The van der Waals surface area contributed by atoms with Gasteiger partial charge in [-0.3, -0.25) is 9.59 Å². The third-order valence-electron chi connectivity index (χ3n) is 6.88. The molecule has 1 amide bonds. The first-order valence-electron chi connectivity index (χ1n) is 13.0. The second-order valence-electron chi connectivity index (χ2n) is 11.0. The summed E-state index contributed by atoms with van der Waals surface area (Å²) in [5.74, 6) is 1.54. The Morgan fingerprint density at radius 2 is 2.05 bits per heavy atom. The van der Waals surface area contributed by atoms with Crippen LogP contribution < -0.4 is 20.5 Å². The standard InChI is InChI=1S/C26H35F3N6O4/c1-16(32-19-13-31-33-24(37)22(19)26(27,28)29)15-38-9-6-21(36)34-7-8-35-18(14-34)5-10-39-20-11-17(25(2,3)4)12-30-23(20)35/h11-13,16,18H,5-10,14-15H2,1-4H3,(H2,32,33,37)/t16-,18+/m0/s1. The van der Waals surface area contributed by atoms with Gasteiger partial charge in [0.05, 0.1) is 44.2 Å². The lowest BCUT2D eigenvalue weighted by molar-refractivity contribution is -0.138. The zero-order chi connectivity index (χ0) is 28.4. The molecule has 4 rings (SSSR count). The van der Waals surface area contributed by atoms with Crippen LogP contribution in [0.3, 0.4) is 0 Å². The second-order valence-corrected chi connectivity index (χ2v) is 11.0. The van der Waals surface area contributed by atoms with Gasteiger partial charge in [-0.15, -0.1) is 0 Å². The molecule has 2 aromatic heterocycles. The Morgan fingerprint density at radius 3 is 2.77 bits per heavy atom. The fourth-order valence-electron chi connectivity index (χ4n) is 4.76. The molecule has 0 saturated carbocycles. The van der Waals surface area contributed by atoms with Crippen LogP contribution in [0.25, 0.3) is 0 Å². The fraction of sp³-hybridized carbons (Fsp3) is 0.615. The lowest BCUT2D eigenvalue weighted by Crippen LogP contribution is -2.55. The highest BCUT2D eigenvalue weighted by molar-refractivity contribution is 5.76. The molecule has 2 N–H and O–H groups in total. The van der Waals surface area contributed by atoms with Crippen molar-refractivity contribution < 1.29 is 27.4 Å². The molecule has 2 aliphatic rings. The van der Waals surface area contributed by atoms with Crippen LogP contribution in [0.15, 0.2) is 23.3 Å². The van der Waals surface area contributed by atoms with Crippen molar-refractivity contribution >= 4 is 17.4 Å². The van der Waals surface area contributed by atoms with E-state index in [0.717, 1.165) is 29.7 Å². The number of alkyl halides is 3. The van der Waals surface area contributed by atoms with E-state index in [2.05, 4.69) is 42.2 Å². The average molecular weight is 553 g/mol. The van der Waals surface area contributed by atoms with Gasteiger partial charge in [-0.05, 0) is 24.0 Å². The monoisotopic (exact) mass is 552 g/mol. The van der Waals surface area contributed by atoms with Crippen molar-refractivity contribution in [3.63, 3.8) is 0 Å². The van der Waals surface area contributed by atoms with Crippen LogP contribution >= 0.6 is 0 Å². The van der Waals surface area contributed by atoms with Gasteiger partial charge in [-0.1, -0.05) is 20.8 Å². The van der Waals surface area contributed by atoms with Gasteiger partial charge in [0.25, 0.3) is 5.56 Å². The molecule has 2 aromatic rings. The van der Waals surface area contributed by atoms with E-state index in [4.69, 9.17) is 14.5 Å². The number of aromatic amines is 1. The number of hydrogen-bond donors (Lipinski definition) is 2. The molecule has 0 spiro atoms. The van der Waals surface area contributed by atoms with E-state index in [9.17, 15) is 22.8 Å². The van der Waals surface area contributed by atoms with Gasteiger partial charge in [0.2, 0.25) is 5.91 Å². The van der Waals surface area contributed by atoms with E-state index in [-0.39, 0.29) is 37.0 Å². The minimum atomic E-state index is -4.83. The van der Waals surface area contributed by atoms with E-state index < -0.39 is 29.0 Å². The smallest absolute Gasteiger partial charge is 0.423 e. The fourth-order valence-corrected chi connectivity index (χ4v) is 4.76. The molecule has 0 aliphatic carbocycles. The highest BCUT2D eigenvalue weighted by Gasteiger charge is 2.38. The summed E-state index contributed by atoms with van der Waals surface area (Å²) in [5, 5.41) is 7.85. The van der Waals surface area contributed by atoms with Crippen molar-refractivity contribution in [3.05, 3.63) is 39.9 Å². The first-order valence-corrected chi connectivity index (χ1v) is 13.0. The number of fused-ring (bicyclic) bond motifs is 3. The Bertz CT molecular complexity index is 1230. The molecule has 1 saturated heterocycles. The number of nitrogens with zero attached hydrogens (tertiary/aromatic N) is 4. The predicted octanol–water partition coefficient (Wildman–Crippen LogP) is 3.19. The molecule has 0 aromatic carbocycles.